The minimum atomic E-state index is -0.101. The molecule has 5 atom stereocenters. The van der Waals surface area contributed by atoms with Crippen LogP contribution in [0.4, 0.5) is 0 Å². The summed E-state index contributed by atoms with van der Waals surface area (Å²) >= 11 is 0. The fourth-order valence-corrected chi connectivity index (χ4v) is 3.83. The average Bonchev–Trinajstić information content (AvgIpc) is 2.90. The van der Waals surface area contributed by atoms with Gasteiger partial charge >= 0.3 is 0 Å². The highest BCUT2D eigenvalue weighted by Crippen LogP contribution is 2.50. The van der Waals surface area contributed by atoms with Crippen molar-refractivity contribution in [1.29, 1.82) is 0 Å². The molecule has 0 aromatic rings. The highest BCUT2D eigenvalue weighted by molar-refractivity contribution is 6.00. The summed E-state index contributed by atoms with van der Waals surface area (Å²) in [4.78, 5) is 26.3. The van der Waals surface area contributed by atoms with Gasteiger partial charge in [-0.25, -0.2) is 0 Å². The maximum absolute atomic E-state index is 12.4. The van der Waals surface area contributed by atoms with Gasteiger partial charge in [0.2, 0.25) is 5.91 Å². The van der Waals surface area contributed by atoms with Gasteiger partial charge in [0, 0.05) is 30.3 Å². The maximum Gasteiger partial charge on any atom is 0.227 e. The van der Waals surface area contributed by atoms with Gasteiger partial charge in [-0.15, -0.1) is 0 Å². The highest BCUT2D eigenvalue weighted by atomic mass is 16.2. The molecule has 3 heteroatoms. The Morgan fingerprint density at radius 2 is 2.06 bits per heavy atom. The smallest absolute Gasteiger partial charge is 0.227 e. The number of carbonyl (C=O) groups is 2. The van der Waals surface area contributed by atoms with Crippen molar-refractivity contribution in [3.05, 3.63) is 12.2 Å². The van der Waals surface area contributed by atoms with Crippen LogP contribution >= 0.6 is 0 Å². The molecular formula is C14H19NO2. The van der Waals surface area contributed by atoms with Crippen molar-refractivity contribution >= 4 is 11.7 Å². The predicted molar refractivity (Wildman–Crippen MR) is 64.2 cm³/mol. The van der Waals surface area contributed by atoms with Crippen LogP contribution in [0.5, 0.6) is 0 Å². The molecule has 2 bridgehead atoms. The Kier molecular flexibility index (Phi) is 2.39. The van der Waals surface area contributed by atoms with Crippen LogP contribution < -0.4 is 0 Å². The molecule has 0 aromatic carbocycles. The number of rotatable bonds is 3. The zero-order chi connectivity index (χ0) is 12.2. The normalized spacial score (nSPS) is 40.2. The van der Waals surface area contributed by atoms with Crippen LogP contribution in [0.1, 0.15) is 26.7 Å². The molecule has 0 aromatic heterocycles. The Morgan fingerprint density at radius 1 is 1.35 bits per heavy atom. The van der Waals surface area contributed by atoms with Crippen LogP contribution in [0.25, 0.3) is 0 Å². The minimum Gasteiger partial charge on any atom is -0.339 e. The maximum atomic E-state index is 12.4. The van der Waals surface area contributed by atoms with Crippen molar-refractivity contribution < 1.29 is 9.59 Å². The van der Waals surface area contributed by atoms with Crippen molar-refractivity contribution in [2.24, 2.45) is 23.7 Å². The summed E-state index contributed by atoms with van der Waals surface area (Å²) in [5.41, 5.74) is 0. The van der Waals surface area contributed by atoms with Gasteiger partial charge in [-0.3, -0.25) is 9.59 Å². The largest absolute Gasteiger partial charge is 0.339 e. The van der Waals surface area contributed by atoms with Crippen molar-refractivity contribution in [2.75, 3.05) is 6.54 Å². The number of carbonyl (C=O) groups excluding carboxylic acids is 2. The first-order chi connectivity index (χ1) is 8.15. The molecule has 1 saturated heterocycles. The lowest BCUT2D eigenvalue weighted by atomic mass is 9.86. The van der Waals surface area contributed by atoms with Gasteiger partial charge in [0.25, 0.3) is 0 Å². The molecule has 0 N–H and O–H groups in total. The van der Waals surface area contributed by atoms with E-state index in [0.29, 0.717) is 6.04 Å². The molecular weight excluding hydrogens is 214 g/mol. The minimum absolute atomic E-state index is 0.0307. The zero-order valence-corrected chi connectivity index (χ0v) is 10.4. The van der Waals surface area contributed by atoms with Crippen LogP contribution in [0.2, 0.25) is 0 Å². The monoisotopic (exact) mass is 233 g/mol. The topological polar surface area (TPSA) is 37.4 Å². The molecule has 1 aliphatic heterocycles. The van der Waals surface area contributed by atoms with E-state index < -0.39 is 0 Å². The van der Waals surface area contributed by atoms with Gasteiger partial charge < -0.3 is 4.90 Å². The van der Waals surface area contributed by atoms with Gasteiger partial charge in [0.15, 0.2) is 0 Å². The van der Waals surface area contributed by atoms with Crippen molar-refractivity contribution in [3.63, 3.8) is 0 Å². The molecule has 5 unspecified atom stereocenters. The highest BCUT2D eigenvalue weighted by Gasteiger charge is 2.59. The molecule has 0 radical (unpaired) electrons. The Hall–Kier alpha value is -1.12. The molecule has 3 rings (SSSR count). The number of nitrogens with zero attached hydrogens (tertiary/aromatic N) is 1. The molecule has 1 saturated carbocycles. The van der Waals surface area contributed by atoms with E-state index in [1.54, 1.807) is 0 Å². The molecule has 0 spiro atoms. The third-order valence-corrected chi connectivity index (χ3v) is 4.71. The lowest BCUT2D eigenvalue weighted by Gasteiger charge is -2.25. The summed E-state index contributed by atoms with van der Waals surface area (Å²) < 4.78 is 0. The first-order valence-electron chi connectivity index (χ1n) is 6.67. The lowest BCUT2D eigenvalue weighted by molar-refractivity contribution is -0.135. The van der Waals surface area contributed by atoms with E-state index in [2.05, 4.69) is 13.8 Å². The Bertz CT molecular complexity index is 401. The second-order valence-electron chi connectivity index (χ2n) is 5.66. The second kappa shape index (κ2) is 3.69. The summed E-state index contributed by atoms with van der Waals surface area (Å²) in [6, 6.07) is 0.326. The third kappa shape index (κ3) is 1.34. The molecule has 3 nitrogen and oxygen atoms in total. The van der Waals surface area contributed by atoms with Gasteiger partial charge in [-0.1, -0.05) is 25.5 Å². The molecule has 3 aliphatic rings. The van der Waals surface area contributed by atoms with Crippen molar-refractivity contribution in [2.45, 2.75) is 32.7 Å². The van der Waals surface area contributed by atoms with Gasteiger partial charge in [0.05, 0.1) is 5.92 Å². The number of allylic oxidation sites excluding steroid dienone is 2. The Morgan fingerprint density at radius 3 is 2.71 bits per heavy atom. The standard InChI is InChI=1S/C14H19NO2/c1-3-4-8(2)15-7-11-9-5-6-10(13(9)16)12(11)14(15)17/h5-6,8-12H,3-4,7H2,1-2H3. The van der Waals surface area contributed by atoms with Crippen LogP contribution in [0.3, 0.4) is 0 Å². The lowest BCUT2D eigenvalue weighted by Crippen LogP contribution is -2.37. The van der Waals surface area contributed by atoms with E-state index in [-0.39, 0.29) is 35.4 Å². The number of likely N-dealkylation sites (tertiary alicyclic amines) is 1. The average molecular weight is 233 g/mol. The van der Waals surface area contributed by atoms with E-state index in [9.17, 15) is 9.59 Å². The molecule has 2 aliphatic carbocycles. The van der Waals surface area contributed by atoms with E-state index in [4.69, 9.17) is 0 Å². The van der Waals surface area contributed by atoms with E-state index in [0.717, 1.165) is 19.4 Å². The van der Waals surface area contributed by atoms with E-state index in [1.807, 2.05) is 17.1 Å². The number of ketones is 1. The molecule has 1 heterocycles. The first-order valence-corrected chi connectivity index (χ1v) is 6.67. The number of hydrogen-bond donors (Lipinski definition) is 0. The molecule has 17 heavy (non-hydrogen) atoms. The fraction of sp³-hybridized carbons (Fsp3) is 0.714. The van der Waals surface area contributed by atoms with Gasteiger partial charge in [-0.2, -0.15) is 0 Å². The first kappa shape index (κ1) is 11.0. The van der Waals surface area contributed by atoms with Crippen molar-refractivity contribution in [3.8, 4) is 0 Å². The number of Topliss-reactive ketones (excluding diaryl/α,β-unsaturated/α-hetero) is 1. The SMILES string of the molecule is CCCC(C)N1CC2C3C=CC(C3=O)C2C1=O. The van der Waals surface area contributed by atoms with Crippen LogP contribution in [0.15, 0.2) is 12.2 Å². The molecule has 2 fully saturated rings. The van der Waals surface area contributed by atoms with E-state index >= 15 is 0 Å². The summed E-state index contributed by atoms with van der Waals surface area (Å²) in [6.45, 7) is 5.06. The van der Waals surface area contributed by atoms with Crippen LogP contribution in [0, 0.1) is 23.7 Å². The molecule has 92 valence electrons. The molecule has 1 amide bonds. The van der Waals surface area contributed by atoms with E-state index in [1.165, 1.54) is 0 Å². The van der Waals surface area contributed by atoms with Gasteiger partial charge in [0.1, 0.15) is 5.78 Å². The number of hydrogen-bond acceptors (Lipinski definition) is 2. The summed E-state index contributed by atoms with van der Waals surface area (Å²) in [7, 11) is 0. The summed E-state index contributed by atoms with van der Waals surface area (Å²) in [6.07, 6.45) is 6.14. The van der Waals surface area contributed by atoms with Crippen molar-refractivity contribution in [1.82, 2.24) is 4.90 Å². The predicted octanol–water partition coefficient (Wildman–Crippen LogP) is 1.63. The fourth-order valence-electron chi connectivity index (χ4n) is 3.83. The number of fused-ring (bicyclic) bond motifs is 5. The second-order valence-corrected chi connectivity index (χ2v) is 5.66. The van der Waals surface area contributed by atoms with Gasteiger partial charge in [-0.05, 0) is 13.3 Å². The summed E-state index contributed by atoms with van der Waals surface area (Å²) in [5.74, 6) is 0.683. The quantitative estimate of drug-likeness (QED) is 0.695. The summed E-state index contributed by atoms with van der Waals surface area (Å²) in [5, 5.41) is 0. The zero-order valence-electron chi connectivity index (χ0n) is 10.4. The number of amides is 1. The Labute approximate surface area is 102 Å². The van der Waals surface area contributed by atoms with Crippen LogP contribution in [-0.2, 0) is 9.59 Å². The Balaban J connectivity index is 1.81. The third-order valence-electron chi connectivity index (χ3n) is 4.71. The van der Waals surface area contributed by atoms with Crippen LogP contribution in [-0.4, -0.2) is 29.2 Å².